The quantitative estimate of drug-likeness (QED) is 0.746. The van der Waals surface area contributed by atoms with Crippen LogP contribution in [0.1, 0.15) is 45.2 Å². The molecule has 1 heterocycles. The van der Waals surface area contributed by atoms with E-state index in [4.69, 9.17) is 16.3 Å². The van der Waals surface area contributed by atoms with E-state index in [0.717, 1.165) is 36.1 Å². The van der Waals surface area contributed by atoms with E-state index in [1.807, 2.05) is 12.1 Å². The number of benzene rings is 1. The minimum absolute atomic E-state index is 0.487. The summed E-state index contributed by atoms with van der Waals surface area (Å²) >= 11 is 6.23. The molecular formula is C15H20ClNO. The van der Waals surface area contributed by atoms with Crippen molar-refractivity contribution in [3.8, 4) is 5.75 Å². The fourth-order valence-electron chi connectivity index (χ4n) is 1.90. The maximum absolute atomic E-state index is 6.23. The standard InChI is InChI=1S/C15H20ClNO/c1-4-5-6-18-15-9-14-11(7-12(15)16)8-13(17-14)10(2)3/h7-10,17H,4-6H2,1-3H3. The van der Waals surface area contributed by atoms with Gasteiger partial charge in [0.2, 0.25) is 0 Å². The van der Waals surface area contributed by atoms with Gasteiger partial charge >= 0.3 is 0 Å². The van der Waals surface area contributed by atoms with Gasteiger partial charge in [0.1, 0.15) is 5.75 Å². The van der Waals surface area contributed by atoms with E-state index in [0.29, 0.717) is 10.9 Å². The zero-order valence-electron chi connectivity index (χ0n) is 11.2. The Morgan fingerprint density at radius 1 is 1.28 bits per heavy atom. The van der Waals surface area contributed by atoms with Crippen molar-refractivity contribution in [3.63, 3.8) is 0 Å². The zero-order chi connectivity index (χ0) is 13.1. The smallest absolute Gasteiger partial charge is 0.139 e. The third-order valence-electron chi connectivity index (χ3n) is 3.07. The highest BCUT2D eigenvalue weighted by atomic mass is 35.5. The molecule has 0 saturated carbocycles. The number of hydrogen-bond acceptors (Lipinski definition) is 1. The highest BCUT2D eigenvalue weighted by molar-refractivity contribution is 6.32. The summed E-state index contributed by atoms with van der Waals surface area (Å²) in [7, 11) is 0. The first-order valence-electron chi connectivity index (χ1n) is 6.56. The van der Waals surface area contributed by atoms with Gasteiger partial charge in [-0.25, -0.2) is 0 Å². The molecule has 0 spiro atoms. The third-order valence-corrected chi connectivity index (χ3v) is 3.37. The van der Waals surface area contributed by atoms with Gasteiger partial charge in [0.15, 0.2) is 0 Å². The molecule has 2 rings (SSSR count). The number of halogens is 1. The Hall–Kier alpha value is -1.15. The summed E-state index contributed by atoms with van der Waals surface area (Å²) in [6, 6.07) is 6.13. The first kappa shape index (κ1) is 13.3. The van der Waals surface area contributed by atoms with Gasteiger partial charge in [0.05, 0.1) is 11.6 Å². The first-order valence-corrected chi connectivity index (χ1v) is 6.94. The van der Waals surface area contributed by atoms with Crippen LogP contribution in [0.15, 0.2) is 18.2 Å². The molecule has 2 aromatic rings. The molecule has 0 bridgehead atoms. The van der Waals surface area contributed by atoms with Crippen molar-refractivity contribution in [2.45, 2.75) is 39.5 Å². The van der Waals surface area contributed by atoms with Crippen LogP contribution >= 0.6 is 11.6 Å². The highest BCUT2D eigenvalue weighted by Crippen LogP contribution is 2.31. The third kappa shape index (κ3) is 2.81. The SMILES string of the molecule is CCCCOc1cc2[nH]c(C(C)C)cc2cc1Cl. The monoisotopic (exact) mass is 265 g/mol. The van der Waals surface area contributed by atoms with Gasteiger partial charge in [0, 0.05) is 22.7 Å². The minimum atomic E-state index is 0.487. The molecule has 0 aliphatic heterocycles. The Balaban J connectivity index is 2.29. The Bertz CT molecular complexity index is 531. The number of H-pyrrole nitrogens is 1. The fraction of sp³-hybridized carbons (Fsp3) is 0.467. The predicted octanol–water partition coefficient (Wildman–Crippen LogP) is 5.12. The average Bonchev–Trinajstić information content (AvgIpc) is 2.72. The molecular weight excluding hydrogens is 246 g/mol. The minimum Gasteiger partial charge on any atom is -0.492 e. The van der Waals surface area contributed by atoms with Crippen LogP contribution in [-0.4, -0.2) is 11.6 Å². The Kier molecular flexibility index (Phi) is 4.18. The molecule has 3 heteroatoms. The summed E-state index contributed by atoms with van der Waals surface area (Å²) < 4.78 is 5.70. The number of hydrogen-bond donors (Lipinski definition) is 1. The second kappa shape index (κ2) is 5.66. The molecule has 98 valence electrons. The van der Waals surface area contributed by atoms with E-state index in [9.17, 15) is 0 Å². The predicted molar refractivity (Wildman–Crippen MR) is 77.8 cm³/mol. The van der Waals surface area contributed by atoms with Crippen LogP contribution in [-0.2, 0) is 0 Å². The maximum atomic E-state index is 6.23. The molecule has 1 aromatic heterocycles. The summed E-state index contributed by atoms with van der Waals surface area (Å²) in [4.78, 5) is 3.41. The number of fused-ring (bicyclic) bond motifs is 1. The van der Waals surface area contributed by atoms with Gasteiger partial charge in [-0.2, -0.15) is 0 Å². The van der Waals surface area contributed by atoms with E-state index in [1.165, 1.54) is 5.69 Å². The van der Waals surface area contributed by atoms with Crippen molar-refractivity contribution in [1.29, 1.82) is 0 Å². The van der Waals surface area contributed by atoms with Gasteiger partial charge in [-0.05, 0) is 24.5 Å². The van der Waals surface area contributed by atoms with Crippen LogP contribution in [0.4, 0.5) is 0 Å². The molecule has 0 aliphatic rings. The number of rotatable bonds is 5. The van der Waals surface area contributed by atoms with Crippen molar-refractivity contribution in [1.82, 2.24) is 4.98 Å². The second-order valence-electron chi connectivity index (χ2n) is 4.95. The van der Waals surface area contributed by atoms with Crippen molar-refractivity contribution in [3.05, 3.63) is 28.9 Å². The van der Waals surface area contributed by atoms with Crippen molar-refractivity contribution < 1.29 is 4.74 Å². The van der Waals surface area contributed by atoms with Gasteiger partial charge < -0.3 is 9.72 Å². The van der Waals surface area contributed by atoms with E-state index >= 15 is 0 Å². The largest absolute Gasteiger partial charge is 0.492 e. The second-order valence-corrected chi connectivity index (χ2v) is 5.36. The number of aromatic amines is 1. The lowest BCUT2D eigenvalue weighted by Gasteiger charge is -2.07. The Morgan fingerprint density at radius 3 is 2.72 bits per heavy atom. The highest BCUT2D eigenvalue weighted by Gasteiger charge is 2.09. The normalized spacial score (nSPS) is 11.4. The van der Waals surface area contributed by atoms with Crippen molar-refractivity contribution in [2.24, 2.45) is 0 Å². The van der Waals surface area contributed by atoms with Gasteiger partial charge in [0.25, 0.3) is 0 Å². The van der Waals surface area contributed by atoms with E-state index in [2.05, 4.69) is 31.8 Å². The zero-order valence-corrected chi connectivity index (χ0v) is 12.0. The molecule has 2 nitrogen and oxygen atoms in total. The lowest BCUT2D eigenvalue weighted by atomic mass is 10.1. The maximum Gasteiger partial charge on any atom is 0.139 e. The van der Waals surface area contributed by atoms with Gasteiger partial charge in [-0.3, -0.25) is 0 Å². The molecule has 0 unspecified atom stereocenters. The van der Waals surface area contributed by atoms with Gasteiger partial charge in [-0.15, -0.1) is 0 Å². The molecule has 0 amide bonds. The van der Waals surface area contributed by atoms with E-state index < -0.39 is 0 Å². The van der Waals surface area contributed by atoms with Crippen molar-refractivity contribution >= 4 is 22.5 Å². The Morgan fingerprint density at radius 2 is 2.06 bits per heavy atom. The summed E-state index contributed by atoms with van der Waals surface area (Å²) in [6.07, 6.45) is 2.18. The molecule has 0 saturated heterocycles. The molecule has 0 radical (unpaired) electrons. The summed E-state index contributed by atoms with van der Waals surface area (Å²) in [5.74, 6) is 1.26. The molecule has 18 heavy (non-hydrogen) atoms. The molecule has 0 fully saturated rings. The molecule has 0 atom stereocenters. The Labute approximate surface area is 113 Å². The molecule has 0 aliphatic carbocycles. The fourth-order valence-corrected chi connectivity index (χ4v) is 2.13. The van der Waals surface area contributed by atoms with Crippen LogP contribution < -0.4 is 4.74 Å². The summed E-state index contributed by atoms with van der Waals surface area (Å²) in [5.41, 5.74) is 2.32. The number of aromatic nitrogens is 1. The van der Waals surface area contributed by atoms with Crippen LogP contribution in [0.25, 0.3) is 10.9 Å². The van der Waals surface area contributed by atoms with Crippen LogP contribution in [0.3, 0.4) is 0 Å². The van der Waals surface area contributed by atoms with E-state index in [1.54, 1.807) is 0 Å². The number of nitrogens with one attached hydrogen (secondary N) is 1. The van der Waals surface area contributed by atoms with Crippen LogP contribution in [0, 0.1) is 0 Å². The summed E-state index contributed by atoms with van der Waals surface area (Å²) in [5, 5.41) is 1.83. The molecule has 1 aromatic carbocycles. The van der Waals surface area contributed by atoms with Crippen molar-refractivity contribution in [2.75, 3.05) is 6.61 Å². The van der Waals surface area contributed by atoms with Gasteiger partial charge in [-0.1, -0.05) is 38.8 Å². The topological polar surface area (TPSA) is 25.0 Å². The first-order chi connectivity index (χ1) is 8.61. The lowest BCUT2D eigenvalue weighted by molar-refractivity contribution is 0.310. The number of unbranched alkanes of at least 4 members (excludes halogenated alkanes) is 1. The summed E-state index contributed by atoms with van der Waals surface area (Å²) in [6.45, 7) is 7.21. The average molecular weight is 266 g/mol. The number of ether oxygens (including phenoxy) is 1. The van der Waals surface area contributed by atoms with E-state index in [-0.39, 0.29) is 0 Å². The lowest BCUT2D eigenvalue weighted by Crippen LogP contribution is -1.96. The van der Waals surface area contributed by atoms with Crippen LogP contribution in [0.2, 0.25) is 5.02 Å². The van der Waals surface area contributed by atoms with Crippen LogP contribution in [0.5, 0.6) is 5.75 Å². The molecule has 1 N–H and O–H groups in total.